The molecule has 1 atom stereocenters. The van der Waals surface area contributed by atoms with Crippen molar-refractivity contribution >= 4 is 0 Å². The third-order valence-electron chi connectivity index (χ3n) is 3.43. The fourth-order valence-electron chi connectivity index (χ4n) is 2.46. The third-order valence-corrected chi connectivity index (χ3v) is 3.43. The molecule has 0 saturated carbocycles. The molecule has 1 saturated heterocycles. The number of nitrogens with zero attached hydrogens (tertiary/aromatic N) is 1. The fourth-order valence-corrected chi connectivity index (χ4v) is 2.46. The molecule has 0 radical (unpaired) electrons. The average Bonchev–Trinajstić information content (AvgIpc) is 2.80. The Morgan fingerprint density at radius 1 is 1.28 bits per heavy atom. The van der Waals surface area contributed by atoms with Crippen molar-refractivity contribution in [1.29, 1.82) is 0 Å². The van der Waals surface area contributed by atoms with E-state index in [4.69, 9.17) is 4.74 Å². The zero-order valence-electron chi connectivity index (χ0n) is 11.4. The van der Waals surface area contributed by atoms with Crippen LogP contribution in [-0.2, 0) is 0 Å². The van der Waals surface area contributed by atoms with Crippen LogP contribution in [0.3, 0.4) is 0 Å². The van der Waals surface area contributed by atoms with Crippen molar-refractivity contribution in [3.8, 4) is 5.75 Å². The van der Waals surface area contributed by atoms with E-state index in [-0.39, 0.29) is 0 Å². The van der Waals surface area contributed by atoms with Gasteiger partial charge in [-0.05, 0) is 51.4 Å². The van der Waals surface area contributed by atoms with Crippen LogP contribution in [0.2, 0.25) is 0 Å². The Bertz CT molecular complexity index is 386. The summed E-state index contributed by atoms with van der Waals surface area (Å²) in [6.45, 7) is 7.43. The van der Waals surface area contributed by atoms with Gasteiger partial charge in [-0.15, -0.1) is 0 Å². The van der Waals surface area contributed by atoms with E-state index in [0.717, 1.165) is 30.9 Å². The summed E-state index contributed by atoms with van der Waals surface area (Å²) in [5, 5.41) is 9.95. The topological polar surface area (TPSA) is 32.7 Å². The Hall–Kier alpha value is -1.06. The molecule has 3 nitrogen and oxygen atoms in total. The minimum atomic E-state index is -0.399. The van der Waals surface area contributed by atoms with Crippen molar-refractivity contribution < 1.29 is 9.84 Å². The molecule has 1 N–H and O–H groups in total. The largest absolute Gasteiger partial charge is 0.491 e. The number of hydrogen-bond donors (Lipinski definition) is 1. The van der Waals surface area contributed by atoms with Gasteiger partial charge in [-0.2, -0.15) is 0 Å². The standard InChI is InChI=1S/C15H23NO2/c1-12-5-6-15(13(2)9-12)18-11-14(17)10-16-7-3-4-8-16/h5-6,9,14,17H,3-4,7-8,10-11H2,1-2H3/t14-/m1/s1. The van der Waals surface area contributed by atoms with Crippen LogP contribution >= 0.6 is 0 Å². The second-order valence-electron chi connectivity index (χ2n) is 5.24. The zero-order valence-corrected chi connectivity index (χ0v) is 11.4. The van der Waals surface area contributed by atoms with Gasteiger partial charge in [0.25, 0.3) is 0 Å². The highest BCUT2D eigenvalue weighted by molar-refractivity contribution is 5.35. The minimum absolute atomic E-state index is 0.375. The van der Waals surface area contributed by atoms with Gasteiger partial charge in [-0.1, -0.05) is 17.7 Å². The van der Waals surface area contributed by atoms with Crippen molar-refractivity contribution in [3.05, 3.63) is 29.3 Å². The molecule has 1 fully saturated rings. The van der Waals surface area contributed by atoms with Crippen molar-refractivity contribution in [2.24, 2.45) is 0 Å². The summed E-state index contributed by atoms with van der Waals surface area (Å²) in [4.78, 5) is 2.30. The highest BCUT2D eigenvalue weighted by Crippen LogP contribution is 2.19. The van der Waals surface area contributed by atoms with Crippen LogP contribution < -0.4 is 4.74 Å². The molecule has 18 heavy (non-hydrogen) atoms. The Morgan fingerprint density at radius 2 is 2.00 bits per heavy atom. The zero-order chi connectivity index (χ0) is 13.0. The summed E-state index contributed by atoms with van der Waals surface area (Å²) in [6, 6.07) is 6.12. The van der Waals surface area contributed by atoms with Gasteiger partial charge in [0, 0.05) is 6.54 Å². The maximum Gasteiger partial charge on any atom is 0.122 e. The molecule has 0 aromatic heterocycles. The molecular weight excluding hydrogens is 226 g/mol. The number of hydrogen-bond acceptors (Lipinski definition) is 3. The Morgan fingerprint density at radius 3 is 2.67 bits per heavy atom. The highest BCUT2D eigenvalue weighted by atomic mass is 16.5. The molecule has 0 spiro atoms. The van der Waals surface area contributed by atoms with Crippen LogP contribution in [0.5, 0.6) is 5.75 Å². The van der Waals surface area contributed by atoms with E-state index in [0.29, 0.717) is 6.61 Å². The first-order valence-electron chi connectivity index (χ1n) is 6.75. The monoisotopic (exact) mass is 249 g/mol. The van der Waals surface area contributed by atoms with Crippen LogP contribution in [0.25, 0.3) is 0 Å². The van der Waals surface area contributed by atoms with Crippen LogP contribution in [0.1, 0.15) is 24.0 Å². The first-order chi connectivity index (χ1) is 8.65. The second kappa shape index (κ2) is 6.21. The van der Waals surface area contributed by atoms with E-state index >= 15 is 0 Å². The number of rotatable bonds is 5. The van der Waals surface area contributed by atoms with E-state index in [1.54, 1.807) is 0 Å². The fraction of sp³-hybridized carbons (Fsp3) is 0.600. The lowest BCUT2D eigenvalue weighted by atomic mass is 10.1. The second-order valence-corrected chi connectivity index (χ2v) is 5.24. The Kier molecular flexibility index (Phi) is 4.61. The van der Waals surface area contributed by atoms with Crippen LogP contribution in [0.15, 0.2) is 18.2 Å². The lowest BCUT2D eigenvalue weighted by molar-refractivity contribution is 0.0756. The predicted molar refractivity (Wildman–Crippen MR) is 73.1 cm³/mol. The molecule has 0 aliphatic carbocycles. The molecule has 0 bridgehead atoms. The van der Waals surface area contributed by atoms with Gasteiger partial charge < -0.3 is 14.7 Å². The first-order valence-corrected chi connectivity index (χ1v) is 6.75. The van der Waals surface area contributed by atoms with Crippen LogP contribution in [0.4, 0.5) is 0 Å². The molecule has 0 amide bonds. The molecule has 2 rings (SSSR count). The van der Waals surface area contributed by atoms with Crippen LogP contribution in [-0.4, -0.2) is 42.4 Å². The molecule has 0 unspecified atom stereocenters. The van der Waals surface area contributed by atoms with Gasteiger partial charge in [-0.25, -0.2) is 0 Å². The van der Waals surface area contributed by atoms with Crippen molar-refractivity contribution in [3.63, 3.8) is 0 Å². The van der Waals surface area contributed by atoms with Crippen molar-refractivity contribution in [1.82, 2.24) is 4.90 Å². The van der Waals surface area contributed by atoms with Gasteiger partial charge in [0.2, 0.25) is 0 Å². The molecule has 1 aliphatic heterocycles. The van der Waals surface area contributed by atoms with Gasteiger partial charge in [-0.3, -0.25) is 0 Å². The van der Waals surface area contributed by atoms with E-state index < -0.39 is 6.10 Å². The number of β-amino-alcohol motifs (C(OH)–C–C–N with tert-alkyl or cyclic N) is 1. The van der Waals surface area contributed by atoms with Crippen LogP contribution in [0, 0.1) is 13.8 Å². The number of aliphatic hydroxyl groups excluding tert-OH is 1. The smallest absolute Gasteiger partial charge is 0.122 e. The summed E-state index contributed by atoms with van der Waals surface area (Å²) in [5.41, 5.74) is 2.36. The van der Waals surface area contributed by atoms with Gasteiger partial charge in [0.05, 0.1) is 0 Å². The third kappa shape index (κ3) is 3.72. The van der Waals surface area contributed by atoms with Crippen molar-refractivity contribution in [2.45, 2.75) is 32.8 Å². The van der Waals surface area contributed by atoms with Gasteiger partial charge in [0.1, 0.15) is 18.5 Å². The highest BCUT2D eigenvalue weighted by Gasteiger charge is 2.16. The molecular formula is C15H23NO2. The molecule has 3 heteroatoms. The summed E-state index contributed by atoms with van der Waals surface area (Å²) < 4.78 is 5.69. The Balaban J connectivity index is 1.79. The molecule has 100 valence electrons. The van der Waals surface area contributed by atoms with E-state index in [1.807, 2.05) is 19.1 Å². The van der Waals surface area contributed by atoms with Crippen molar-refractivity contribution in [2.75, 3.05) is 26.2 Å². The summed E-state index contributed by atoms with van der Waals surface area (Å²) in [5.74, 6) is 0.876. The SMILES string of the molecule is Cc1ccc(OC[C@H](O)CN2CCCC2)c(C)c1. The lowest BCUT2D eigenvalue weighted by Gasteiger charge is -2.20. The maximum atomic E-state index is 9.95. The molecule has 1 aliphatic rings. The summed E-state index contributed by atoms with van der Waals surface area (Å²) in [7, 11) is 0. The number of likely N-dealkylation sites (tertiary alicyclic amines) is 1. The molecule has 1 aromatic rings. The molecule has 1 heterocycles. The van der Waals surface area contributed by atoms with Gasteiger partial charge in [0.15, 0.2) is 0 Å². The summed E-state index contributed by atoms with van der Waals surface area (Å²) in [6.07, 6.45) is 2.11. The minimum Gasteiger partial charge on any atom is -0.491 e. The number of aliphatic hydroxyl groups is 1. The first kappa shape index (κ1) is 13.4. The normalized spacial score (nSPS) is 17.9. The van der Waals surface area contributed by atoms with E-state index in [9.17, 15) is 5.11 Å². The average molecular weight is 249 g/mol. The number of ether oxygens (including phenoxy) is 1. The lowest BCUT2D eigenvalue weighted by Crippen LogP contribution is -2.33. The molecule has 1 aromatic carbocycles. The maximum absolute atomic E-state index is 9.95. The summed E-state index contributed by atoms with van der Waals surface area (Å²) >= 11 is 0. The quantitative estimate of drug-likeness (QED) is 0.868. The Labute approximate surface area is 109 Å². The van der Waals surface area contributed by atoms with E-state index in [1.165, 1.54) is 18.4 Å². The number of benzene rings is 1. The van der Waals surface area contributed by atoms with Gasteiger partial charge >= 0.3 is 0 Å². The van der Waals surface area contributed by atoms with E-state index in [2.05, 4.69) is 17.9 Å². The number of aryl methyl sites for hydroxylation is 2. The predicted octanol–water partition coefficient (Wildman–Crippen LogP) is 2.14.